The number of nitrogens with one attached hydrogen (secondary N) is 1. The van der Waals surface area contributed by atoms with Gasteiger partial charge in [-0.2, -0.15) is 5.10 Å². The Bertz CT molecular complexity index is 705. The lowest BCUT2D eigenvalue weighted by atomic mass is 9.93. The molecule has 1 aliphatic carbocycles. The molecule has 1 aromatic carbocycles. The van der Waals surface area contributed by atoms with Crippen LogP contribution in [0.3, 0.4) is 0 Å². The Morgan fingerprint density at radius 2 is 1.81 bits per heavy atom. The lowest BCUT2D eigenvalue weighted by Gasteiger charge is -2.42. The predicted octanol–water partition coefficient (Wildman–Crippen LogP) is 4.30. The summed E-state index contributed by atoms with van der Waals surface area (Å²) in [6, 6.07) is 9.92. The third-order valence-electron chi connectivity index (χ3n) is 6.22. The van der Waals surface area contributed by atoms with E-state index in [1.807, 2.05) is 6.34 Å². The zero-order chi connectivity index (χ0) is 17.3. The Kier molecular flexibility index (Phi) is 4.57. The van der Waals surface area contributed by atoms with Crippen molar-refractivity contribution in [1.29, 1.82) is 0 Å². The number of allylic oxidation sites excluding steroid dienone is 1. The molecular weight excluding hydrogens is 340 g/mol. The highest BCUT2D eigenvalue weighted by atomic mass is 32.2. The number of rotatable bonds is 3. The molecule has 1 saturated carbocycles. The molecule has 26 heavy (non-hydrogen) atoms. The van der Waals surface area contributed by atoms with Gasteiger partial charge in [0.1, 0.15) is 12.2 Å². The Balaban J connectivity index is 1.33. The Morgan fingerprint density at radius 1 is 1.00 bits per heavy atom. The Hall–Kier alpha value is -1.62. The first-order chi connectivity index (χ1) is 12.9. The van der Waals surface area contributed by atoms with Gasteiger partial charge in [-0.05, 0) is 49.8 Å². The van der Waals surface area contributed by atoms with Gasteiger partial charge < -0.3 is 9.80 Å². The summed E-state index contributed by atoms with van der Waals surface area (Å²) < 4.78 is 0. The molecule has 4 aliphatic rings. The van der Waals surface area contributed by atoms with E-state index < -0.39 is 0 Å². The summed E-state index contributed by atoms with van der Waals surface area (Å²) in [5.41, 5.74) is 6.06. The summed E-state index contributed by atoms with van der Waals surface area (Å²) in [4.78, 5) is 6.40. The molecule has 0 aromatic heterocycles. The zero-order valence-corrected chi connectivity index (χ0v) is 16.2. The lowest BCUT2D eigenvalue weighted by Crippen LogP contribution is -2.45. The van der Waals surface area contributed by atoms with Crippen molar-refractivity contribution in [1.82, 2.24) is 10.3 Å². The van der Waals surface area contributed by atoms with Gasteiger partial charge in [0.2, 0.25) is 0 Å². The molecule has 0 bridgehead atoms. The van der Waals surface area contributed by atoms with Crippen LogP contribution >= 0.6 is 11.8 Å². The number of thioether (sulfide) groups is 1. The molecule has 1 N–H and O–H groups in total. The van der Waals surface area contributed by atoms with Gasteiger partial charge in [-0.1, -0.05) is 25.0 Å². The van der Waals surface area contributed by atoms with E-state index in [0.29, 0.717) is 6.04 Å². The van der Waals surface area contributed by atoms with E-state index in [4.69, 9.17) is 0 Å². The van der Waals surface area contributed by atoms with Crippen LogP contribution < -0.4 is 10.3 Å². The van der Waals surface area contributed by atoms with E-state index in [9.17, 15) is 0 Å². The number of hydrazone groups is 1. The number of hydrogen-bond acceptors (Lipinski definition) is 5. The molecule has 3 heterocycles. The number of hydrogen-bond donors (Lipinski definition) is 1. The number of benzene rings is 1. The fourth-order valence-electron chi connectivity index (χ4n) is 4.78. The van der Waals surface area contributed by atoms with Crippen LogP contribution in [-0.2, 0) is 6.42 Å². The van der Waals surface area contributed by atoms with Gasteiger partial charge in [-0.15, -0.1) is 11.8 Å². The van der Waals surface area contributed by atoms with Crippen molar-refractivity contribution in [2.24, 2.45) is 5.10 Å². The van der Waals surface area contributed by atoms with Crippen LogP contribution in [-0.4, -0.2) is 35.6 Å². The molecule has 2 atom stereocenters. The van der Waals surface area contributed by atoms with E-state index in [1.54, 1.807) is 0 Å². The van der Waals surface area contributed by atoms with Crippen LogP contribution in [0.15, 0.2) is 40.1 Å². The molecule has 0 spiro atoms. The second kappa shape index (κ2) is 7.18. The van der Waals surface area contributed by atoms with Gasteiger partial charge in [0.25, 0.3) is 0 Å². The topological polar surface area (TPSA) is 30.9 Å². The van der Waals surface area contributed by atoms with Crippen molar-refractivity contribution in [3.05, 3.63) is 40.6 Å². The van der Waals surface area contributed by atoms with Crippen molar-refractivity contribution >= 4 is 23.8 Å². The van der Waals surface area contributed by atoms with E-state index in [2.05, 4.69) is 56.4 Å². The number of anilines is 1. The van der Waals surface area contributed by atoms with Gasteiger partial charge in [0.05, 0.1) is 0 Å². The fraction of sp³-hybridized carbons (Fsp3) is 0.571. The van der Waals surface area contributed by atoms with Crippen LogP contribution in [0.25, 0.3) is 0 Å². The van der Waals surface area contributed by atoms with Crippen LogP contribution in [0.5, 0.6) is 0 Å². The van der Waals surface area contributed by atoms with E-state index in [0.717, 1.165) is 11.7 Å². The maximum absolute atomic E-state index is 4.36. The lowest BCUT2D eigenvalue weighted by molar-refractivity contribution is 0.292. The highest BCUT2D eigenvalue weighted by molar-refractivity contribution is 8.03. The molecule has 1 aromatic rings. The van der Waals surface area contributed by atoms with Gasteiger partial charge in [0, 0.05) is 41.4 Å². The summed E-state index contributed by atoms with van der Waals surface area (Å²) in [7, 11) is 0. The highest BCUT2D eigenvalue weighted by Crippen LogP contribution is 2.44. The van der Waals surface area contributed by atoms with Crippen molar-refractivity contribution in [2.45, 2.75) is 62.7 Å². The quantitative estimate of drug-likeness (QED) is 0.862. The van der Waals surface area contributed by atoms with E-state index >= 15 is 0 Å². The summed E-state index contributed by atoms with van der Waals surface area (Å²) in [5.74, 6) is 1.23. The second-order valence-electron chi connectivity index (χ2n) is 7.93. The number of fused-ring (bicyclic) bond motifs is 3. The van der Waals surface area contributed by atoms with Crippen molar-refractivity contribution in [3.8, 4) is 0 Å². The first kappa shape index (κ1) is 16.5. The number of piperidine rings is 1. The third-order valence-corrected chi connectivity index (χ3v) is 7.69. The van der Waals surface area contributed by atoms with Gasteiger partial charge >= 0.3 is 0 Å². The largest absolute Gasteiger partial charge is 0.372 e. The zero-order valence-electron chi connectivity index (χ0n) is 15.4. The molecule has 5 heteroatoms. The van der Waals surface area contributed by atoms with Crippen molar-refractivity contribution < 1.29 is 0 Å². The van der Waals surface area contributed by atoms with Crippen LogP contribution in [0.1, 0.15) is 50.5 Å². The monoisotopic (exact) mass is 368 g/mol. The summed E-state index contributed by atoms with van der Waals surface area (Å²) in [5, 5.41) is 5.08. The Labute approximate surface area is 160 Å². The minimum atomic E-state index is 0.632. The highest BCUT2D eigenvalue weighted by Gasteiger charge is 2.39. The molecule has 4 nitrogen and oxygen atoms in total. The first-order valence-corrected chi connectivity index (χ1v) is 11.1. The van der Waals surface area contributed by atoms with E-state index in [1.165, 1.54) is 80.0 Å². The molecule has 3 aliphatic heterocycles. The third kappa shape index (κ3) is 3.11. The smallest absolute Gasteiger partial charge is 0.138 e. The normalized spacial score (nSPS) is 28.0. The van der Waals surface area contributed by atoms with Crippen LogP contribution in [0, 0.1) is 0 Å². The second-order valence-corrected chi connectivity index (χ2v) is 9.27. The molecule has 2 unspecified atom stereocenters. The van der Waals surface area contributed by atoms with Gasteiger partial charge in [0.15, 0.2) is 0 Å². The van der Waals surface area contributed by atoms with Gasteiger partial charge in [-0.3, -0.25) is 5.43 Å². The maximum atomic E-state index is 4.36. The van der Waals surface area contributed by atoms with E-state index in [-0.39, 0.29) is 0 Å². The number of nitrogens with zero attached hydrogens (tertiary/aromatic N) is 3. The van der Waals surface area contributed by atoms with Crippen molar-refractivity contribution in [2.75, 3.05) is 18.0 Å². The summed E-state index contributed by atoms with van der Waals surface area (Å²) >= 11 is 2.10. The standard InChI is InChI=1S/C21H28N4S/c1-4-12-24(13-5-1)17-10-8-16(9-11-17)14-20-21-23-22-15-25(21)18-6-2-3-7-19(18)26-20/h8-11,15,18-19,23H,1-7,12-14H2. The summed E-state index contributed by atoms with van der Waals surface area (Å²) in [6.07, 6.45) is 12.4. The molecule has 5 rings (SSSR count). The maximum Gasteiger partial charge on any atom is 0.138 e. The first-order valence-electron chi connectivity index (χ1n) is 10.2. The predicted molar refractivity (Wildman–Crippen MR) is 110 cm³/mol. The molecule has 1 saturated heterocycles. The minimum absolute atomic E-state index is 0.632. The SMILES string of the molecule is C1=NNC2=C(Cc3ccc(N4CCCCC4)cc3)SC3CCCCC3N12. The fourth-order valence-corrected chi connectivity index (χ4v) is 6.37. The Morgan fingerprint density at radius 3 is 2.65 bits per heavy atom. The average molecular weight is 369 g/mol. The molecule has 2 fully saturated rings. The van der Waals surface area contributed by atoms with Crippen LogP contribution in [0.4, 0.5) is 5.69 Å². The minimum Gasteiger partial charge on any atom is -0.372 e. The average Bonchev–Trinajstić information content (AvgIpc) is 3.20. The molecule has 138 valence electrons. The summed E-state index contributed by atoms with van der Waals surface area (Å²) in [6.45, 7) is 2.42. The van der Waals surface area contributed by atoms with Gasteiger partial charge in [-0.25, -0.2) is 0 Å². The molecular formula is C21H28N4S. The van der Waals surface area contributed by atoms with Crippen LogP contribution in [0.2, 0.25) is 0 Å². The molecule has 0 radical (unpaired) electrons. The van der Waals surface area contributed by atoms with Crippen molar-refractivity contribution in [3.63, 3.8) is 0 Å². The molecule has 0 amide bonds.